The second kappa shape index (κ2) is 8.16. The summed E-state index contributed by atoms with van der Waals surface area (Å²) in [7, 11) is 4.77. The molecule has 4 heteroatoms. The van der Waals surface area contributed by atoms with E-state index >= 15 is 0 Å². The van der Waals surface area contributed by atoms with Crippen LogP contribution in [0.25, 0.3) is 0 Å². The molecule has 2 aliphatic rings. The van der Waals surface area contributed by atoms with Gasteiger partial charge in [0.1, 0.15) is 11.6 Å². The lowest BCUT2D eigenvalue weighted by molar-refractivity contribution is -0.931. The lowest BCUT2D eigenvalue weighted by Crippen LogP contribution is -3.00. The first-order valence-corrected chi connectivity index (χ1v) is 9.77. The SMILES string of the molecule is C[N+]1(C)[C@H]2CC[C@H]1CC(CC(c1ccc(F)cc1)c1ccc(F)cc1)C2.[I-]. The molecule has 4 rings (SSSR count). The molecule has 2 bridgehead atoms. The number of rotatable bonds is 4. The minimum atomic E-state index is -0.207. The van der Waals surface area contributed by atoms with Crippen LogP contribution in [0.4, 0.5) is 8.78 Å². The van der Waals surface area contributed by atoms with Gasteiger partial charge in [-0.05, 0) is 47.7 Å². The van der Waals surface area contributed by atoms with Gasteiger partial charge in [0.25, 0.3) is 0 Å². The quantitative estimate of drug-likeness (QED) is 0.464. The lowest BCUT2D eigenvalue weighted by Gasteiger charge is -2.45. The maximum atomic E-state index is 13.4. The zero-order valence-corrected chi connectivity index (χ0v) is 18.2. The van der Waals surface area contributed by atoms with Crippen LogP contribution < -0.4 is 24.0 Å². The van der Waals surface area contributed by atoms with Crippen molar-refractivity contribution in [2.75, 3.05) is 14.1 Å². The van der Waals surface area contributed by atoms with E-state index < -0.39 is 0 Å². The predicted octanol–water partition coefficient (Wildman–Crippen LogP) is 2.51. The van der Waals surface area contributed by atoms with Crippen LogP contribution in [0, 0.1) is 17.6 Å². The molecule has 2 aliphatic heterocycles. The Kier molecular flexibility index (Phi) is 6.26. The fourth-order valence-electron chi connectivity index (χ4n) is 5.37. The van der Waals surface area contributed by atoms with Crippen molar-refractivity contribution in [3.63, 3.8) is 0 Å². The van der Waals surface area contributed by atoms with Gasteiger partial charge in [-0.1, -0.05) is 24.3 Å². The normalized spacial score (nSPS) is 26.0. The third kappa shape index (κ3) is 4.21. The van der Waals surface area contributed by atoms with E-state index in [0.29, 0.717) is 5.92 Å². The molecule has 146 valence electrons. The van der Waals surface area contributed by atoms with Gasteiger partial charge in [0.2, 0.25) is 0 Å². The molecule has 2 saturated heterocycles. The minimum Gasteiger partial charge on any atom is -1.00 e. The third-order valence-corrected chi connectivity index (χ3v) is 7.04. The highest BCUT2D eigenvalue weighted by molar-refractivity contribution is 5.33. The standard InChI is InChI=1S/C23H28F2N.HI/c1-26(2)21-11-12-22(26)14-16(13-21)15-23(17-3-7-19(24)8-4-17)18-5-9-20(25)10-6-18;/h3-10,16,21-23H,11-15H2,1-2H3;1H/q+1;/p-1/t21-,22-;/m0./s1. The summed E-state index contributed by atoms with van der Waals surface area (Å²) in [6.07, 6.45) is 6.27. The molecule has 0 radical (unpaired) electrons. The summed E-state index contributed by atoms with van der Waals surface area (Å²) >= 11 is 0. The topological polar surface area (TPSA) is 0 Å². The van der Waals surface area contributed by atoms with Gasteiger partial charge in [0.05, 0.1) is 26.2 Å². The first-order valence-electron chi connectivity index (χ1n) is 9.77. The van der Waals surface area contributed by atoms with Gasteiger partial charge in [-0.2, -0.15) is 0 Å². The van der Waals surface area contributed by atoms with Crippen LogP contribution in [-0.2, 0) is 0 Å². The number of quaternary nitrogens is 1. The average Bonchev–Trinajstić information content (AvgIpc) is 2.78. The van der Waals surface area contributed by atoms with Crippen molar-refractivity contribution in [2.24, 2.45) is 5.92 Å². The maximum absolute atomic E-state index is 13.4. The van der Waals surface area contributed by atoms with Crippen LogP contribution in [-0.4, -0.2) is 30.7 Å². The van der Waals surface area contributed by atoms with Gasteiger partial charge in [-0.3, -0.25) is 0 Å². The van der Waals surface area contributed by atoms with E-state index in [0.717, 1.165) is 29.6 Å². The van der Waals surface area contributed by atoms with Gasteiger partial charge in [-0.25, -0.2) is 8.78 Å². The van der Waals surface area contributed by atoms with E-state index in [2.05, 4.69) is 14.1 Å². The van der Waals surface area contributed by atoms with Crippen molar-refractivity contribution >= 4 is 0 Å². The van der Waals surface area contributed by atoms with E-state index in [9.17, 15) is 8.78 Å². The number of fused-ring (bicyclic) bond motifs is 2. The second-order valence-corrected chi connectivity index (χ2v) is 8.74. The van der Waals surface area contributed by atoms with Crippen LogP contribution in [0.1, 0.15) is 49.1 Å². The van der Waals surface area contributed by atoms with Crippen LogP contribution in [0.3, 0.4) is 0 Å². The summed E-state index contributed by atoms with van der Waals surface area (Å²) < 4.78 is 28.0. The predicted molar refractivity (Wildman–Crippen MR) is 101 cm³/mol. The Labute approximate surface area is 178 Å². The Hall–Kier alpha value is -1.01. The van der Waals surface area contributed by atoms with Crippen LogP contribution in [0.2, 0.25) is 0 Å². The van der Waals surface area contributed by atoms with Gasteiger partial charge in [-0.15, -0.1) is 0 Å². The molecule has 0 amide bonds. The van der Waals surface area contributed by atoms with E-state index in [-0.39, 0.29) is 41.5 Å². The Balaban J connectivity index is 0.00000210. The Morgan fingerprint density at radius 3 is 1.63 bits per heavy atom. The molecule has 0 spiro atoms. The smallest absolute Gasteiger partial charge is 0.123 e. The highest BCUT2D eigenvalue weighted by Gasteiger charge is 2.48. The summed E-state index contributed by atoms with van der Waals surface area (Å²) in [5.74, 6) is 0.468. The molecule has 0 aromatic heterocycles. The third-order valence-electron chi connectivity index (χ3n) is 7.04. The number of nitrogens with zero attached hydrogens (tertiary/aromatic N) is 1. The Morgan fingerprint density at radius 2 is 1.22 bits per heavy atom. The van der Waals surface area contributed by atoms with Crippen LogP contribution in [0.15, 0.2) is 48.5 Å². The minimum absolute atomic E-state index is 0. The van der Waals surface area contributed by atoms with Crippen molar-refractivity contribution in [1.29, 1.82) is 0 Å². The van der Waals surface area contributed by atoms with Gasteiger partial charge < -0.3 is 28.5 Å². The molecular formula is C23H28F2IN. The zero-order chi connectivity index (χ0) is 18.3. The lowest BCUT2D eigenvalue weighted by atomic mass is 9.78. The molecule has 1 nitrogen and oxygen atoms in total. The number of halogens is 3. The van der Waals surface area contributed by atoms with E-state index in [1.54, 1.807) is 0 Å². The first kappa shape index (κ1) is 20.7. The molecule has 2 aromatic rings. The molecular weight excluding hydrogens is 455 g/mol. The first-order chi connectivity index (χ1) is 12.4. The summed E-state index contributed by atoms with van der Waals surface area (Å²) in [5.41, 5.74) is 2.26. The van der Waals surface area contributed by atoms with Crippen LogP contribution >= 0.6 is 0 Å². The highest BCUT2D eigenvalue weighted by atomic mass is 127. The van der Waals surface area contributed by atoms with E-state index in [1.807, 2.05) is 24.3 Å². The highest BCUT2D eigenvalue weighted by Crippen LogP contribution is 2.45. The number of hydrogen-bond donors (Lipinski definition) is 0. The summed E-state index contributed by atoms with van der Waals surface area (Å²) in [6, 6.07) is 15.2. The fraction of sp³-hybridized carbons (Fsp3) is 0.478. The van der Waals surface area contributed by atoms with Crippen molar-refractivity contribution in [3.05, 3.63) is 71.3 Å². The van der Waals surface area contributed by atoms with Crippen LogP contribution in [0.5, 0.6) is 0 Å². The van der Waals surface area contributed by atoms with E-state index in [4.69, 9.17) is 0 Å². The zero-order valence-electron chi connectivity index (χ0n) is 16.0. The van der Waals surface area contributed by atoms with Crippen molar-refractivity contribution in [3.8, 4) is 0 Å². The molecule has 0 unspecified atom stereocenters. The van der Waals surface area contributed by atoms with Crippen molar-refractivity contribution < 1.29 is 37.2 Å². The molecule has 0 aliphatic carbocycles. The largest absolute Gasteiger partial charge is 1.00 e. The summed E-state index contributed by atoms with van der Waals surface area (Å²) in [6.45, 7) is 0. The van der Waals surface area contributed by atoms with E-state index in [1.165, 1.54) is 54.4 Å². The van der Waals surface area contributed by atoms with Gasteiger partial charge in [0, 0.05) is 31.6 Å². The molecule has 2 aromatic carbocycles. The fourth-order valence-corrected chi connectivity index (χ4v) is 5.37. The van der Waals surface area contributed by atoms with Gasteiger partial charge >= 0.3 is 0 Å². The second-order valence-electron chi connectivity index (χ2n) is 8.74. The van der Waals surface area contributed by atoms with Gasteiger partial charge in [0.15, 0.2) is 0 Å². The monoisotopic (exact) mass is 483 g/mol. The maximum Gasteiger partial charge on any atom is 0.123 e. The summed E-state index contributed by atoms with van der Waals surface area (Å²) in [5, 5.41) is 0. The number of hydrogen-bond acceptors (Lipinski definition) is 0. The Morgan fingerprint density at radius 1 is 0.815 bits per heavy atom. The van der Waals surface area contributed by atoms with Crippen molar-refractivity contribution in [2.45, 2.75) is 50.1 Å². The number of benzene rings is 2. The molecule has 2 fully saturated rings. The molecule has 27 heavy (non-hydrogen) atoms. The number of piperidine rings is 1. The Bertz CT molecular complexity index is 695. The average molecular weight is 483 g/mol. The summed E-state index contributed by atoms with van der Waals surface area (Å²) in [4.78, 5) is 0. The molecule has 0 saturated carbocycles. The molecule has 2 atom stereocenters. The van der Waals surface area contributed by atoms with Crippen molar-refractivity contribution in [1.82, 2.24) is 0 Å². The molecule has 2 heterocycles. The molecule has 0 N–H and O–H groups in total.